The van der Waals surface area contributed by atoms with Gasteiger partial charge in [-0.2, -0.15) is 5.26 Å². The number of methoxy groups -OCH3 is 1. The fraction of sp³-hybridized carbons (Fsp3) is 0.467. The van der Waals surface area contributed by atoms with Gasteiger partial charge in [0.15, 0.2) is 15.6 Å². The Bertz CT molecular complexity index is 675. The number of ketones is 1. The number of benzene rings is 1. The predicted molar refractivity (Wildman–Crippen MR) is 77.8 cm³/mol. The molecule has 0 radical (unpaired) electrons. The Labute approximate surface area is 124 Å². The third-order valence-electron chi connectivity index (χ3n) is 3.76. The maximum absolute atomic E-state index is 12.6. The number of nitriles is 1. The number of sulfone groups is 1. The number of hydrogen-bond donors (Lipinski definition) is 0. The van der Waals surface area contributed by atoms with Crippen LogP contribution in [-0.2, 0) is 14.6 Å². The molecule has 5 nitrogen and oxygen atoms in total. The summed E-state index contributed by atoms with van der Waals surface area (Å²) in [6, 6.07) is 8.65. The van der Waals surface area contributed by atoms with Crippen molar-refractivity contribution in [3.63, 3.8) is 0 Å². The molecule has 0 aromatic heterocycles. The smallest absolute Gasteiger partial charge is 0.172 e. The van der Waals surface area contributed by atoms with Gasteiger partial charge in [-0.3, -0.25) is 4.79 Å². The topological polar surface area (TPSA) is 84.2 Å². The molecule has 1 aromatic rings. The summed E-state index contributed by atoms with van der Waals surface area (Å²) in [4.78, 5) is 12.6. The highest BCUT2D eigenvalue weighted by atomic mass is 32.2. The SMILES string of the molecule is COc1ccccc1C(C#N)C(=O)C1CCCCS1(=O)=O. The van der Waals surface area contributed by atoms with E-state index in [1.165, 1.54) is 7.11 Å². The first-order chi connectivity index (χ1) is 10.0. The molecular formula is C15H17NO4S. The van der Waals surface area contributed by atoms with E-state index in [1.54, 1.807) is 24.3 Å². The van der Waals surface area contributed by atoms with Gasteiger partial charge in [-0.25, -0.2) is 8.42 Å². The van der Waals surface area contributed by atoms with Crippen molar-refractivity contribution in [3.8, 4) is 11.8 Å². The minimum Gasteiger partial charge on any atom is -0.496 e. The molecule has 0 spiro atoms. The van der Waals surface area contributed by atoms with Gasteiger partial charge in [0.1, 0.15) is 16.9 Å². The Balaban J connectivity index is 2.38. The second kappa shape index (κ2) is 6.27. The fourth-order valence-corrected chi connectivity index (χ4v) is 4.56. The van der Waals surface area contributed by atoms with Crippen LogP contribution in [0, 0.1) is 11.3 Å². The van der Waals surface area contributed by atoms with Crippen LogP contribution in [-0.4, -0.2) is 32.3 Å². The minimum absolute atomic E-state index is 0.0213. The number of Topliss-reactive ketones (excluding diaryl/α,β-unsaturated/α-hetero) is 1. The summed E-state index contributed by atoms with van der Waals surface area (Å²) in [5.41, 5.74) is 0.424. The van der Waals surface area contributed by atoms with Crippen molar-refractivity contribution in [2.45, 2.75) is 30.4 Å². The molecule has 1 saturated heterocycles. The molecule has 1 aliphatic rings. The van der Waals surface area contributed by atoms with E-state index in [-0.39, 0.29) is 5.75 Å². The monoisotopic (exact) mass is 307 g/mol. The van der Waals surface area contributed by atoms with Crippen molar-refractivity contribution in [2.75, 3.05) is 12.9 Å². The molecule has 112 valence electrons. The molecule has 2 atom stereocenters. The van der Waals surface area contributed by atoms with Gasteiger partial charge in [0.25, 0.3) is 0 Å². The number of nitrogens with zero attached hydrogens (tertiary/aromatic N) is 1. The molecule has 1 aliphatic heterocycles. The molecule has 1 heterocycles. The lowest BCUT2D eigenvalue weighted by Crippen LogP contribution is -2.38. The molecule has 2 unspecified atom stereocenters. The second-order valence-corrected chi connectivity index (χ2v) is 7.36. The van der Waals surface area contributed by atoms with Crippen LogP contribution < -0.4 is 4.74 Å². The summed E-state index contributed by atoms with van der Waals surface area (Å²) < 4.78 is 29.3. The van der Waals surface area contributed by atoms with E-state index in [4.69, 9.17) is 4.74 Å². The lowest BCUT2D eigenvalue weighted by Gasteiger charge is -2.23. The van der Waals surface area contributed by atoms with E-state index in [0.29, 0.717) is 30.6 Å². The zero-order chi connectivity index (χ0) is 15.5. The molecule has 0 bridgehead atoms. The zero-order valence-corrected chi connectivity index (χ0v) is 12.6. The Morgan fingerprint density at radius 2 is 2.10 bits per heavy atom. The van der Waals surface area contributed by atoms with Crippen LogP contribution in [0.1, 0.15) is 30.7 Å². The summed E-state index contributed by atoms with van der Waals surface area (Å²) >= 11 is 0. The van der Waals surface area contributed by atoms with Crippen LogP contribution in [0.5, 0.6) is 5.75 Å². The van der Waals surface area contributed by atoms with E-state index in [1.807, 2.05) is 6.07 Å². The maximum atomic E-state index is 12.6. The lowest BCUT2D eigenvalue weighted by atomic mass is 9.92. The van der Waals surface area contributed by atoms with Crippen molar-refractivity contribution in [2.24, 2.45) is 0 Å². The summed E-state index contributed by atoms with van der Waals surface area (Å²) in [7, 11) is -1.99. The Morgan fingerprint density at radius 3 is 2.71 bits per heavy atom. The third kappa shape index (κ3) is 3.08. The van der Waals surface area contributed by atoms with Crippen LogP contribution in [0.4, 0.5) is 0 Å². The molecule has 2 rings (SSSR count). The van der Waals surface area contributed by atoms with Crippen LogP contribution in [0.25, 0.3) is 0 Å². The van der Waals surface area contributed by atoms with Gasteiger partial charge in [0.2, 0.25) is 0 Å². The Kier molecular flexibility index (Phi) is 4.63. The van der Waals surface area contributed by atoms with Gasteiger partial charge in [-0.05, 0) is 18.9 Å². The first kappa shape index (κ1) is 15.5. The number of ether oxygens (including phenoxy) is 1. The van der Waals surface area contributed by atoms with E-state index in [0.717, 1.165) is 0 Å². The first-order valence-corrected chi connectivity index (χ1v) is 8.50. The molecular weight excluding hydrogens is 290 g/mol. The number of carbonyl (C=O) groups excluding carboxylic acids is 1. The van der Waals surface area contributed by atoms with Gasteiger partial charge in [0, 0.05) is 5.56 Å². The quantitative estimate of drug-likeness (QED) is 0.847. The van der Waals surface area contributed by atoms with Crippen LogP contribution in [0.2, 0.25) is 0 Å². The highest BCUT2D eigenvalue weighted by molar-refractivity contribution is 7.92. The number of carbonyl (C=O) groups is 1. The lowest BCUT2D eigenvalue weighted by molar-refractivity contribution is -0.119. The van der Waals surface area contributed by atoms with E-state index >= 15 is 0 Å². The summed E-state index contributed by atoms with van der Waals surface area (Å²) in [6.07, 6.45) is 1.58. The molecule has 0 saturated carbocycles. The van der Waals surface area contributed by atoms with E-state index < -0.39 is 26.8 Å². The molecule has 6 heteroatoms. The van der Waals surface area contributed by atoms with Crippen LogP contribution >= 0.6 is 0 Å². The van der Waals surface area contributed by atoms with Crippen molar-refractivity contribution >= 4 is 15.6 Å². The first-order valence-electron chi connectivity index (χ1n) is 6.79. The maximum Gasteiger partial charge on any atom is 0.172 e. The van der Waals surface area contributed by atoms with Gasteiger partial charge < -0.3 is 4.74 Å². The summed E-state index contributed by atoms with van der Waals surface area (Å²) in [5, 5.41) is 8.28. The number of para-hydroxylation sites is 1. The van der Waals surface area contributed by atoms with E-state index in [2.05, 4.69) is 0 Å². The molecule has 1 aromatic carbocycles. The Morgan fingerprint density at radius 1 is 1.38 bits per heavy atom. The van der Waals surface area contributed by atoms with Gasteiger partial charge in [-0.15, -0.1) is 0 Å². The molecule has 1 fully saturated rings. The van der Waals surface area contributed by atoms with Crippen molar-refractivity contribution in [3.05, 3.63) is 29.8 Å². The summed E-state index contributed by atoms with van der Waals surface area (Å²) in [5.74, 6) is -1.21. The fourth-order valence-electron chi connectivity index (χ4n) is 2.65. The molecule has 0 aliphatic carbocycles. The zero-order valence-electron chi connectivity index (χ0n) is 11.8. The Hall–Kier alpha value is -1.87. The standard InChI is InChI=1S/C15H17NO4S/c1-20-13-7-3-2-6-11(13)12(10-16)15(17)14-8-4-5-9-21(14,18)19/h2-3,6-7,12,14H,4-5,8-9H2,1H3. The molecule has 0 amide bonds. The average molecular weight is 307 g/mol. The predicted octanol–water partition coefficient (Wildman–Crippen LogP) is 1.84. The number of hydrogen-bond acceptors (Lipinski definition) is 5. The second-order valence-electron chi connectivity index (χ2n) is 5.06. The van der Waals surface area contributed by atoms with Crippen molar-refractivity contribution in [1.82, 2.24) is 0 Å². The third-order valence-corrected chi connectivity index (χ3v) is 5.95. The van der Waals surface area contributed by atoms with Crippen LogP contribution in [0.3, 0.4) is 0 Å². The molecule has 21 heavy (non-hydrogen) atoms. The minimum atomic E-state index is -3.45. The van der Waals surface area contributed by atoms with Crippen molar-refractivity contribution < 1.29 is 17.9 Å². The highest BCUT2D eigenvalue weighted by Crippen LogP contribution is 2.31. The van der Waals surface area contributed by atoms with Gasteiger partial charge in [-0.1, -0.05) is 24.6 Å². The largest absolute Gasteiger partial charge is 0.496 e. The van der Waals surface area contributed by atoms with Crippen LogP contribution in [0.15, 0.2) is 24.3 Å². The summed E-state index contributed by atoms with van der Waals surface area (Å²) in [6.45, 7) is 0. The van der Waals surface area contributed by atoms with Crippen molar-refractivity contribution in [1.29, 1.82) is 5.26 Å². The average Bonchev–Trinajstić information content (AvgIpc) is 2.48. The molecule has 0 N–H and O–H groups in total. The van der Waals surface area contributed by atoms with Gasteiger partial charge in [0.05, 0.1) is 18.9 Å². The number of rotatable bonds is 4. The van der Waals surface area contributed by atoms with E-state index in [9.17, 15) is 18.5 Å². The van der Waals surface area contributed by atoms with Gasteiger partial charge >= 0.3 is 0 Å². The normalized spacial score (nSPS) is 22.0. The highest BCUT2D eigenvalue weighted by Gasteiger charge is 2.39.